The fraction of sp³-hybridized carbons (Fsp3) is 0.400. The van der Waals surface area contributed by atoms with E-state index in [-0.39, 0.29) is 18.5 Å². The van der Waals surface area contributed by atoms with E-state index in [0.717, 1.165) is 59.8 Å². The van der Waals surface area contributed by atoms with E-state index >= 15 is 0 Å². The maximum absolute atomic E-state index is 11.8. The highest BCUT2D eigenvalue weighted by atomic mass is 16.5. The number of ether oxygens (including phenoxy) is 2. The van der Waals surface area contributed by atoms with Gasteiger partial charge in [0.15, 0.2) is 0 Å². The minimum Gasteiger partial charge on any atom is -0.457 e. The third-order valence-corrected chi connectivity index (χ3v) is 6.90. The molecule has 2 aromatic rings. The number of β-amino-alcohol motifs (C(OH)–C–C–N with tert-alkyl or cyclic N) is 1. The van der Waals surface area contributed by atoms with Gasteiger partial charge in [-0.3, -0.25) is 4.90 Å². The molecule has 0 radical (unpaired) electrons. The van der Waals surface area contributed by atoms with Crippen molar-refractivity contribution >= 4 is 23.3 Å². The van der Waals surface area contributed by atoms with Crippen molar-refractivity contribution in [1.82, 2.24) is 9.88 Å². The molecule has 3 aliphatic rings. The van der Waals surface area contributed by atoms with Crippen LogP contribution in [0.5, 0.6) is 0 Å². The van der Waals surface area contributed by atoms with Crippen LogP contribution in [0.3, 0.4) is 0 Å². The highest BCUT2D eigenvalue weighted by molar-refractivity contribution is 6.01. The number of cyclic esters (lactones) is 2. The van der Waals surface area contributed by atoms with Gasteiger partial charge in [0.2, 0.25) is 0 Å². The van der Waals surface area contributed by atoms with Crippen LogP contribution in [-0.4, -0.2) is 66.3 Å². The summed E-state index contributed by atoms with van der Waals surface area (Å²) >= 11 is 0. The topological polar surface area (TPSA) is 92.2 Å². The van der Waals surface area contributed by atoms with Crippen LogP contribution in [0, 0.1) is 6.92 Å². The molecule has 8 nitrogen and oxygen atoms in total. The van der Waals surface area contributed by atoms with Gasteiger partial charge >= 0.3 is 11.9 Å². The Morgan fingerprint density at radius 1 is 1.00 bits per heavy atom. The summed E-state index contributed by atoms with van der Waals surface area (Å²) in [5.41, 5.74) is 5.74. The molecule has 0 unspecified atom stereocenters. The Bertz CT molecular complexity index is 1130. The van der Waals surface area contributed by atoms with Crippen molar-refractivity contribution in [3.05, 3.63) is 63.9 Å². The number of aliphatic hydroxyl groups excluding tert-OH is 1. The lowest BCUT2D eigenvalue weighted by molar-refractivity contribution is -0.135. The fourth-order valence-corrected chi connectivity index (χ4v) is 4.76. The Morgan fingerprint density at radius 2 is 1.76 bits per heavy atom. The first-order chi connectivity index (χ1) is 15.9. The van der Waals surface area contributed by atoms with Gasteiger partial charge in [0, 0.05) is 61.2 Å². The number of pyridine rings is 1. The summed E-state index contributed by atoms with van der Waals surface area (Å²) < 4.78 is 10.2. The lowest BCUT2D eigenvalue weighted by atomic mass is 9.95. The van der Waals surface area contributed by atoms with Crippen molar-refractivity contribution in [2.24, 2.45) is 0 Å². The smallest absolute Gasteiger partial charge is 0.338 e. The predicted molar refractivity (Wildman–Crippen MR) is 122 cm³/mol. The molecule has 3 aliphatic heterocycles. The van der Waals surface area contributed by atoms with Crippen molar-refractivity contribution in [3.8, 4) is 0 Å². The van der Waals surface area contributed by atoms with E-state index in [0.29, 0.717) is 24.3 Å². The zero-order valence-corrected chi connectivity index (χ0v) is 18.8. The molecule has 4 heterocycles. The van der Waals surface area contributed by atoms with Crippen LogP contribution >= 0.6 is 0 Å². The van der Waals surface area contributed by atoms with E-state index < -0.39 is 6.10 Å². The van der Waals surface area contributed by atoms with Crippen LogP contribution in [-0.2, 0) is 20.9 Å². The number of rotatable bonds is 5. The molecule has 172 valence electrons. The Balaban J connectivity index is 1.19. The average molecular weight is 450 g/mol. The van der Waals surface area contributed by atoms with Gasteiger partial charge in [0.1, 0.15) is 19.0 Å². The van der Waals surface area contributed by atoms with Crippen LogP contribution in [0.2, 0.25) is 0 Å². The number of aromatic nitrogens is 1. The van der Waals surface area contributed by atoms with Crippen LogP contribution in [0.15, 0.2) is 36.0 Å². The summed E-state index contributed by atoms with van der Waals surface area (Å²) in [5, 5.41) is 10.9. The highest BCUT2D eigenvalue weighted by Crippen LogP contribution is 2.30. The van der Waals surface area contributed by atoms with E-state index in [9.17, 15) is 14.7 Å². The molecule has 1 N–H and O–H groups in total. The number of aliphatic hydroxyl groups is 1. The maximum Gasteiger partial charge on any atom is 0.338 e. The van der Waals surface area contributed by atoms with Crippen molar-refractivity contribution in [1.29, 1.82) is 0 Å². The van der Waals surface area contributed by atoms with Crippen LogP contribution in [0.1, 0.15) is 45.6 Å². The molecule has 5 rings (SSSR count). The lowest BCUT2D eigenvalue weighted by Gasteiger charge is -2.36. The molecule has 1 aromatic carbocycles. The number of fused-ring (bicyclic) bond motifs is 1. The van der Waals surface area contributed by atoms with Crippen molar-refractivity contribution in [2.45, 2.75) is 26.6 Å². The van der Waals surface area contributed by atoms with Crippen LogP contribution in [0.25, 0.3) is 5.57 Å². The first kappa shape index (κ1) is 21.6. The number of carbonyl (C=O) groups excluding carboxylic acids is 2. The second-order valence-corrected chi connectivity index (χ2v) is 8.77. The average Bonchev–Trinajstić information content (AvgIpc) is 3.37. The molecule has 33 heavy (non-hydrogen) atoms. The normalized spacial score (nSPS) is 19.5. The molecule has 8 heteroatoms. The van der Waals surface area contributed by atoms with E-state index in [4.69, 9.17) is 9.47 Å². The molecular formula is C25H27N3O5. The van der Waals surface area contributed by atoms with Gasteiger partial charge in [-0.2, -0.15) is 0 Å². The number of esters is 2. The molecular weight excluding hydrogens is 422 g/mol. The number of anilines is 1. The van der Waals surface area contributed by atoms with Gasteiger partial charge < -0.3 is 19.5 Å². The van der Waals surface area contributed by atoms with Crippen LogP contribution in [0.4, 0.5) is 5.82 Å². The summed E-state index contributed by atoms with van der Waals surface area (Å²) in [4.78, 5) is 32.4. The van der Waals surface area contributed by atoms with Crippen LogP contribution < -0.4 is 4.90 Å². The molecule has 1 aromatic heterocycles. The molecule has 1 fully saturated rings. The minimum atomic E-state index is -0.622. The van der Waals surface area contributed by atoms with Gasteiger partial charge in [0.25, 0.3) is 0 Å². The number of piperazine rings is 1. The van der Waals surface area contributed by atoms with Crippen molar-refractivity contribution in [2.75, 3.05) is 44.2 Å². The maximum atomic E-state index is 11.8. The first-order valence-corrected chi connectivity index (χ1v) is 11.2. The Kier molecular flexibility index (Phi) is 5.64. The monoisotopic (exact) mass is 449 g/mol. The van der Waals surface area contributed by atoms with E-state index in [1.54, 1.807) is 19.2 Å². The fourth-order valence-electron chi connectivity index (χ4n) is 4.76. The minimum absolute atomic E-state index is 0.260. The zero-order valence-electron chi connectivity index (χ0n) is 18.8. The second-order valence-electron chi connectivity index (χ2n) is 8.77. The number of carbonyl (C=O) groups is 2. The van der Waals surface area contributed by atoms with E-state index in [2.05, 4.69) is 14.8 Å². The van der Waals surface area contributed by atoms with Crippen molar-refractivity contribution < 1.29 is 24.2 Å². The van der Waals surface area contributed by atoms with E-state index in [1.165, 1.54) is 0 Å². The zero-order chi connectivity index (χ0) is 23.1. The van der Waals surface area contributed by atoms with Gasteiger partial charge in [0.05, 0.1) is 11.7 Å². The lowest BCUT2D eigenvalue weighted by Crippen LogP contribution is -2.47. The molecule has 1 atom stereocenters. The largest absolute Gasteiger partial charge is 0.457 e. The Labute approximate surface area is 192 Å². The number of nitrogens with zero attached hydrogens (tertiary/aromatic N) is 3. The van der Waals surface area contributed by atoms with Gasteiger partial charge in [-0.15, -0.1) is 0 Å². The molecule has 0 aliphatic carbocycles. The molecule has 0 bridgehead atoms. The van der Waals surface area contributed by atoms with Gasteiger partial charge in [-0.1, -0.05) is 6.07 Å². The third kappa shape index (κ3) is 4.00. The summed E-state index contributed by atoms with van der Waals surface area (Å²) in [5.74, 6) is 0.356. The summed E-state index contributed by atoms with van der Waals surface area (Å²) in [7, 11) is 0. The summed E-state index contributed by atoms with van der Waals surface area (Å²) in [6, 6.07) is 7.58. The molecule has 0 saturated carbocycles. The number of hydrogen-bond acceptors (Lipinski definition) is 8. The summed E-state index contributed by atoms with van der Waals surface area (Å²) in [6.45, 7) is 8.11. The number of benzene rings is 1. The first-order valence-electron chi connectivity index (χ1n) is 11.2. The molecule has 0 amide bonds. The Morgan fingerprint density at radius 3 is 2.42 bits per heavy atom. The summed E-state index contributed by atoms with van der Waals surface area (Å²) in [6.07, 6.45) is 1.18. The second kappa shape index (κ2) is 8.61. The van der Waals surface area contributed by atoms with Gasteiger partial charge in [-0.25, -0.2) is 14.6 Å². The molecule has 0 spiro atoms. The Hall–Kier alpha value is -3.23. The third-order valence-electron chi connectivity index (χ3n) is 6.90. The highest BCUT2D eigenvalue weighted by Gasteiger charge is 2.27. The van der Waals surface area contributed by atoms with Gasteiger partial charge in [-0.05, 0) is 43.2 Å². The van der Waals surface area contributed by atoms with Crippen molar-refractivity contribution in [3.63, 3.8) is 0 Å². The SMILES string of the molecule is CC1=C(c2ccc(N3CCN(C[C@H](O)c4ccc5c(c4C)COC5=O)CC3)nc2)COC1=O. The number of hydrogen-bond donors (Lipinski definition) is 1. The molecule has 1 saturated heterocycles. The predicted octanol–water partition coefficient (Wildman–Crippen LogP) is 2.25. The quantitative estimate of drug-likeness (QED) is 0.695. The van der Waals surface area contributed by atoms with E-state index in [1.807, 2.05) is 25.1 Å². The standard InChI is InChI=1S/C25H27N3O5/c1-15-18(4-5-19-21(15)14-33-25(19)31)22(29)12-27-7-9-28(10-8-27)23-6-3-17(11-26-23)20-13-32-24(30)16(20)2/h3-6,11,22,29H,7-10,12-14H2,1-2H3/t22-/m0/s1.